The first-order valence-electron chi connectivity index (χ1n) is 9.18. The number of aryl methyl sites for hydroxylation is 1. The Labute approximate surface area is 164 Å². The number of thioether (sulfide) groups is 2. The number of nitrogens with zero attached hydrogens (tertiary/aromatic N) is 3. The lowest BCUT2D eigenvalue weighted by molar-refractivity contribution is 0.391. The van der Waals surface area contributed by atoms with Crippen molar-refractivity contribution in [2.45, 2.75) is 44.2 Å². The van der Waals surface area contributed by atoms with Crippen LogP contribution in [0.2, 0.25) is 0 Å². The number of aliphatic imine (C=N–C) groups is 1. The zero-order valence-electron chi connectivity index (χ0n) is 15.2. The summed E-state index contributed by atoms with van der Waals surface area (Å²) in [6, 6.07) is 10.2. The second-order valence-corrected chi connectivity index (χ2v) is 8.47. The van der Waals surface area contributed by atoms with Gasteiger partial charge in [0.15, 0.2) is 5.16 Å². The molecule has 136 valence electrons. The van der Waals surface area contributed by atoms with Crippen LogP contribution in [0.15, 0.2) is 64.4 Å². The van der Waals surface area contributed by atoms with Crippen molar-refractivity contribution in [1.82, 2.24) is 9.97 Å². The molecule has 0 radical (unpaired) electrons. The molecule has 1 aromatic carbocycles. The Morgan fingerprint density at radius 1 is 1.12 bits per heavy atom. The molecule has 0 amide bonds. The van der Waals surface area contributed by atoms with Crippen LogP contribution < -0.4 is 0 Å². The molecule has 0 spiro atoms. The van der Waals surface area contributed by atoms with Gasteiger partial charge in [-0.2, -0.15) is 0 Å². The maximum Gasteiger partial charge on any atom is 0.191 e. The SMILES string of the molecule is Cc1ccc(N=C(C=CSc2ncccn2)SCC2CCCCC2)cc1. The Kier molecular flexibility index (Phi) is 7.77. The van der Waals surface area contributed by atoms with Crippen LogP contribution in [0.4, 0.5) is 5.69 Å². The largest absolute Gasteiger partial charge is 0.242 e. The quantitative estimate of drug-likeness (QED) is 0.249. The van der Waals surface area contributed by atoms with Gasteiger partial charge < -0.3 is 0 Å². The third kappa shape index (κ3) is 6.61. The predicted molar refractivity (Wildman–Crippen MR) is 114 cm³/mol. The molecule has 3 nitrogen and oxygen atoms in total. The molecule has 0 N–H and O–H groups in total. The number of rotatable bonds is 6. The summed E-state index contributed by atoms with van der Waals surface area (Å²) < 4.78 is 0. The molecule has 5 heteroatoms. The molecule has 1 fully saturated rings. The molecule has 2 aromatic rings. The van der Waals surface area contributed by atoms with Gasteiger partial charge in [-0.15, -0.1) is 11.8 Å². The highest BCUT2D eigenvalue weighted by Gasteiger charge is 2.14. The van der Waals surface area contributed by atoms with Crippen molar-refractivity contribution in [2.24, 2.45) is 10.9 Å². The first-order chi connectivity index (χ1) is 12.8. The van der Waals surface area contributed by atoms with Gasteiger partial charge in [0, 0.05) is 18.1 Å². The van der Waals surface area contributed by atoms with Gasteiger partial charge in [-0.3, -0.25) is 0 Å². The summed E-state index contributed by atoms with van der Waals surface area (Å²) in [5.74, 6) is 1.98. The zero-order valence-corrected chi connectivity index (χ0v) is 16.8. The van der Waals surface area contributed by atoms with Gasteiger partial charge in [0.1, 0.15) is 0 Å². The van der Waals surface area contributed by atoms with Gasteiger partial charge in [-0.05, 0) is 55.4 Å². The third-order valence-corrected chi connectivity index (χ3v) is 6.25. The summed E-state index contributed by atoms with van der Waals surface area (Å²) in [4.78, 5) is 13.3. The summed E-state index contributed by atoms with van der Waals surface area (Å²) in [5.41, 5.74) is 2.26. The van der Waals surface area contributed by atoms with Crippen LogP contribution in [0.25, 0.3) is 0 Å². The van der Waals surface area contributed by atoms with Crippen LogP contribution in [0, 0.1) is 12.8 Å². The molecule has 3 rings (SSSR count). The number of aromatic nitrogens is 2. The smallest absolute Gasteiger partial charge is 0.191 e. The Morgan fingerprint density at radius 2 is 1.85 bits per heavy atom. The van der Waals surface area contributed by atoms with Crippen LogP contribution in [0.3, 0.4) is 0 Å². The average molecular weight is 384 g/mol. The van der Waals surface area contributed by atoms with E-state index in [0.29, 0.717) is 0 Å². The lowest BCUT2D eigenvalue weighted by Gasteiger charge is -2.20. The highest BCUT2D eigenvalue weighted by atomic mass is 32.2. The number of hydrogen-bond donors (Lipinski definition) is 0. The zero-order chi connectivity index (χ0) is 18.0. The first kappa shape index (κ1) is 19.2. The molecule has 0 aliphatic heterocycles. The monoisotopic (exact) mass is 383 g/mol. The van der Waals surface area contributed by atoms with E-state index < -0.39 is 0 Å². The van der Waals surface area contributed by atoms with Crippen LogP contribution in [0.5, 0.6) is 0 Å². The lowest BCUT2D eigenvalue weighted by Crippen LogP contribution is -2.09. The van der Waals surface area contributed by atoms with E-state index in [1.807, 2.05) is 23.2 Å². The molecular formula is C21H25N3S2. The van der Waals surface area contributed by atoms with E-state index in [4.69, 9.17) is 4.99 Å². The highest BCUT2D eigenvalue weighted by molar-refractivity contribution is 8.14. The molecule has 0 bridgehead atoms. The Morgan fingerprint density at radius 3 is 2.58 bits per heavy atom. The molecule has 1 heterocycles. The molecule has 0 saturated heterocycles. The van der Waals surface area contributed by atoms with E-state index in [-0.39, 0.29) is 0 Å². The van der Waals surface area contributed by atoms with E-state index >= 15 is 0 Å². The normalized spacial score (nSPS) is 16.3. The number of benzene rings is 1. The fourth-order valence-corrected chi connectivity index (χ4v) is 4.64. The van der Waals surface area contributed by atoms with Crippen molar-refractivity contribution in [3.63, 3.8) is 0 Å². The summed E-state index contributed by atoms with van der Waals surface area (Å²) in [6.07, 6.45) is 12.5. The van der Waals surface area contributed by atoms with E-state index in [1.54, 1.807) is 12.4 Å². The van der Waals surface area contributed by atoms with Gasteiger partial charge in [0.25, 0.3) is 0 Å². The van der Waals surface area contributed by atoms with E-state index in [2.05, 4.69) is 47.2 Å². The molecule has 1 aromatic heterocycles. The van der Waals surface area contributed by atoms with E-state index in [1.165, 1.54) is 49.4 Å². The molecule has 1 aliphatic carbocycles. The van der Waals surface area contributed by atoms with Gasteiger partial charge in [0.2, 0.25) is 0 Å². The summed E-state index contributed by atoms with van der Waals surface area (Å²) in [7, 11) is 0. The molecule has 1 saturated carbocycles. The summed E-state index contributed by atoms with van der Waals surface area (Å²) >= 11 is 3.40. The molecular weight excluding hydrogens is 358 g/mol. The standard InChI is InChI=1S/C21H25N3S2/c1-17-8-10-19(11-9-17)24-20(26-16-18-6-3-2-4-7-18)12-15-25-21-22-13-5-14-23-21/h5,8-15,18H,2-4,6-7,16H2,1H3. The van der Waals surface area contributed by atoms with Crippen LogP contribution in [-0.2, 0) is 0 Å². The van der Waals surface area contributed by atoms with Crippen molar-refractivity contribution in [3.8, 4) is 0 Å². The average Bonchev–Trinajstić information content (AvgIpc) is 2.69. The second kappa shape index (κ2) is 10.5. The van der Waals surface area contributed by atoms with Crippen molar-refractivity contribution in [1.29, 1.82) is 0 Å². The van der Waals surface area contributed by atoms with Crippen LogP contribution in [0.1, 0.15) is 37.7 Å². The molecule has 0 atom stereocenters. The Balaban J connectivity index is 1.66. The predicted octanol–water partition coefficient (Wildman–Crippen LogP) is 6.43. The highest BCUT2D eigenvalue weighted by Crippen LogP contribution is 2.28. The molecule has 1 aliphatic rings. The van der Waals surface area contributed by atoms with Crippen molar-refractivity contribution in [2.75, 3.05) is 5.75 Å². The maximum atomic E-state index is 4.85. The Hall–Kier alpha value is -1.59. The summed E-state index contributed by atoms with van der Waals surface area (Å²) in [5, 5.41) is 3.86. The van der Waals surface area contributed by atoms with Gasteiger partial charge in [-0.25, -0.2) is 15.0 Å². The van der Waals surface area contributed by atoms with E-state index in [0.717, 1.165) is 27.6 Å². The third-order valence-electron chi connectivity index (χ3n) is 4.39. The van der Waals surface area contributed by atoms with Crippen LogP contribution in [-0.4, -0.2) is 20.8 Å². The van der Waals surface area contributed by atoms with E-state index in [9.17, 15) is 0 Å². The van der Waals surface area contributed by atoms with Gasteiger partial charge in [-0.1, -0.05) is 48.7 Å². The minimum Gasteiger partial charge on any atom is -0.242 e. The Bertz CT molecular complexity index is 721. The number of hydrogen-bond acceptors (Lipinski definition) is 5. The van der Waals surface area contributed by atoms with Crippen molar-refractivity contribution in [3.05, 3.63) is 59.8 Å². The first-order valence-corrected chi connectivity index (χ1v) is 11.0. The fourth-order valence-electron chi connectivity index (χ4n) is 2.92. The molecule has 0 unspecified atom stereocenters. The minimum absolute atomic E-state index is 0.760. The topological polar surface area (TPSA) is 38.1 Å². The maximum absolute atomic E-state index is 4.85. The minimum atomic E-state index is 0.760. The second-order valence-electron chi connectivity index (χ2n) is 6.55. The fraction of sp³-hybridized carbons (Fsp3) is 0.381. The lowest BCUT2D eigenvalue weighted by atomic mass is 9.91. The van der Waals surface area contributed by atoms with Gasteiger partial charge >= 0.3 is 0 Å². The molecule has 26 heavy (non-hydrogen) atoms. The van der Waals surface area contributed by atoms with Crippen molar-refractivity contribution < 1.29 is 0 Å². The van der Waals surface area contributed by atoms with Crippen molar-refractivity contribution >= 4 is 34.3 Å². The van der Waals surface area contributed by atoms with Gasteiger partial charge in [0.05, 0.1) is 10.7 Å². The summed E-state index contributed by atoms with van der Waals surface area (Å²) in [6.45, 7) is 2.10. The van der Waals surface area contributed by atoms with Crippen LogP contribution >= 0.6 is 23.5 Å².